The van der Waals surface area contributed by atoms with Gasteiger partial charge in [-0.2, -0.15) is 0 Å². The van der Waals surface area contributed by atoms with Gasteiger partial charge in [0, 0.05) is 11.6 Å². The molecular weight excluding hydrogens is 355 g/mol. The zero-order valence-corrected chi connectivity index (χ0v) is 15.5. The molecule has 1 aromatic carbocycles. The monoisotopic (exact) mass is 376 g/mol. The maximum atomic E-state index is 12.8. The maximum absolute atomic E-state index is 12.8. The van der Waals surface area contributed by atoms with Crippen LogP contribution in [0.4, 0.5) is 0 Å². The van der Waals surface area contributed by atoms with E-state index in [4.69, 9.17) is 11.6 Å². The first-order valence-corrected chi connectivity index (χ1v) is 9.59. The Balaban J connectivity index is 0.00000192. The Hall–Kier alpha value is -0.590. The Morgan fingerprint density at radius 1 is 1.22 bits per heavy atom. The predicted octanol–water partition coefficient (Wildman–Crippen LogP) is 3.33. The van der Waals surface area contributed by atoms with Crippen molar-refractivity contribution >= 4 is 38.9 Å². The molecule has 128 valence electrons. The fraction of sp³-hybridized carbons (Fsp3) is 0.500. The first-order chi connectivity index (χ1) is 10.5. The third kappa shape index (κ3) is 3.44. The Bertz CT molecular complexity index is 693. The van der Waals surface area contributed by atoms with Crippen molar-refractivity contribution in [2.75, 3.05) is 13.1 Å². The van der Waals surface area contributed by atoms with Crippen molar-refractivity contribution in [2.24, 2.45) is 0 Å². The minimum atomic E-state index is -3.48. The molecule has 0 amide bonds. The molecule has 0 aromatic heterocycles. The molecule has 0 bridgehead atoms. The molecule has 2 aliphatic rings. The molecule has 0 radical (unpaired) electrons. The largest absolute Gasteiger partial charge is 0.313 e. The number of halogens is 2. The average Bonchev–Trinajstić information content (AvgIpc) is 3.01. The van der Waals surface area contributed by atoms with Crippen LogP contribution in [0.25, 0.3) is 4.91 Å². The molecule has 1 spiro atoms. The molecular formula is C16H22Cl2N2O2S. The summed E-state index contributed by atoms with van der Waals surface area (Å²) in [4.78, 5) is 0.437. The molecule has 0 unspecified atom stereocenters. The van der Waals surface area contributed by atoms with E-state index in [0.717, 1.165) is 37.8 Å². The van der Waals surface area contributed by atoms with Crippen LogP contribution < -0.4 is 10.0 Å². The average molecular weight is 377 g/mol. The molecule has 4 nitrogen and oxygen atoms in total. The molecule has 0 saturated heterocycles. The number of hydrogen-bond acceptors (Lipinski definition) is 3. The topological polar surface area (TPSA) is 58.2 Å². The van der Waals surface area contributed by atoms with E-state index in [-0.39, 0.29) is 12.4 Å². The van der Waals surface area contributed by atoms with Crippen LogP contribution in [-0.2, 0) is 10.0 Å². The summed E-state index contributed by atoms with van der Waals surface area (Å²) in [5.74, 6) is 0. The number of nitrogens with one attached hydrogen (secondary N) is 2. The third-order valence-corrected chi connectivity index (χ3v) is 6.50. The minimum absolute atomic E-state index is 0. The van der Waals surface area contributed by atoms with Gasteiger partial charge in [0.2, 0.25) is 10.0 Å². The zero-order chi connectivity index (χ0) is 15.8. The highest BCUT2D eigenvalue weighted by atomic mass is 35.5. The van der Waals surface area contributed by atoms with Gasteiger partial charge in [0.15, 0.2) is 0 Å². The van der Waals surface area contributed by atoms with Gasteiger partial charge in [0.1, 0.15) is 0 Å². The summed E-state index contributed by atoms with van der Waals surface area (Å²) in [7, 11) is -3.48. The van der Waals surface area contributed by atoms with Crippen LogP contribution in [0, 0.1) is 0 Å². The quantitative estimate of drug-likeness (QED) is 0.846. The van der Waals surface area contributed by atoms with Gasteiger partial charge in [-0.1, -0.05) is 43.5 Å². The second-order valence-electron chi connectivity index (χ2n) is 5.99. The molecule has 1 saturated carbocycles. The van der Waals surface area contributed by atoms with Crippen molar-refractivity contribution in [3.8, 4) is 0 Å². The third-order valence-electron chi connectivity index (χ3n) is 4.57. The lowest BCUT2D eigenvalue weighted by Crippen LogP contribution is -2.43. The molecule has 23 heavy (non-hydrogen) atoms. The van der Waals surface area contributed by atoms with E-state index in [2.05, 4.69) is 10.0 Å². The second kappa shape index (κ2) is 7.11. The summed E-state index contributed by atoms with van der Waals surface area (Å²) in [5, 5.41) is 3.91. The van der Waals surface area contributed by atoms with Gasteiger partial charge < -0.3 is 5.32 Å². The van der Waals surface area contributed by atoms with Gasteiger partial charge in [-0.05, 0) is 42.7 Å². The number of benzene rings is 1. The first-order valence-electron chi connectivity index (χ1n) is 7.73. The maximum Gasteiger partial charge on any atom is 0.242 e. The van der Waals surface area contributed by atoms with Gasteiger partial charge in [-0.15, -0.1) is 12.4 Å². The van der Waals surface area contributed by atoms with Gasteiger partial charge in [0.05, 0.1) is 10.4 Å². The van der Waals surface area contributed by atoms with Crippen LogP contribution in [0.15, 0.2) is 29.8 Å². The molecule has 1 heterocycles. The van der Waals surface area contributed by atoms with Crippen molar-refractivity contribution in [1.29, 1.82) is 0 Å². The summed E-state index contributed by atoms with van der Waals surface area (Å²) in [5.41, 5.74) is 1.30. The standard InChI is InChI=1S/C16H21ClN2O2S.ClH/c1-2-18-11-14-15(12-5-7-13(17)8-6-12)22(20,21)19-16(14)9-3-4-10-16;/h5-8,18-19H,2-4,9-11H2,1H3;1H. The molecule has 1 aliphatic carbocycles. The van der Waals surface area contributed by atoms with Crippen molar-refractivity contribution in [3.05, 3.63) is 40.4 Å². The normalized spacial score (nSPS) is 21.7. The number of hydrogen-bond donors (Lipinski definition) is 2. The van der Waals surface area contributed by atoms with E-state index in [9.17, 15) is 8.42 Å². The van der Waals surface area contributed by atoms with Crippen LogP contribution in [0.5, 0.6) is 0 Å². The SMILES string of the molecule is CCNCC1=C(c2ccc(Cl)cc2)S(=O)(=O)NC12CCCC2.Cl. The summed E-state index contributed by atoms with van der Waals surface area (Å²) in [6.45, 7) is 3.44. The van der Waals surface area contributed by atoms with Gasteiger partial charge >= 0.3 is 0 Å². The number of rotatable bonds is 4. The van der Waals surface area contributed by atoms with E-state index in [1.807, 2.05) is 6.92 Å². The highest BCUT2D eigenvalue weighted by Crippen LogP contribution is 2.46. The Labute approximate surface area is 149 Å². The highest BCUT2D eigenvalue weighted by Gasteiger charge is 2.49. The molecule has 1 aliphatic heterocycles. The van der Waals surface area contributed by atoms with Gasteiger partial charge in [-0.3, -0.25) is 0 Å². The molecule has 0 atom stereocenters. The lowest BCUT2D eigenvalue weighted by atomic mass is 9.87. The van der Waals surface area contributed by atoms with Crippen LogP contribution in [0.2, 0.25) is 5.02 Å². The fourth-order valence-electron chi connectivity index (χ4n) is 3.56. The number of likely N-dealkylation sites (N-methyl/N-ethyl adjacent to an activating group) is 1. The zero-order valence-electron chi connectivity index (χ0n) is 13.1. The van der Waals surface area contributed by atoms with Crippen molar-refractivity contribution in [3.63, 3.8) is 0 Å². The van der Waals surface area contributed by atoms with Crippen molar-refractivity contribution < 1.29 is 8.42 Å². The molecule has 3 rings (SSSR count). The molecule has 1 fully saturated rings. The predicted molar refractivity (Wildman–Crippen MR) is 97.4 cm³/mol. The Kier molecular flexibility index (Phi) is 5.80. The van der Waals surface area contributed by atoms with Crippen molar-refractivity contribution in [1.82, 2.24) is 10.0 Å². The minimum Gasteiger partial charge on any atom is -0.313 e. The molecule has 2 N–H and O–H groups in total. The van der Waals surface area contributed by atoms with E-state index in [1.54, 1.807) is 24.3 Å². The van der Waals surface area contributed by atoms with E-state index in [0.29, 0.717) is 22.0 Å². The van der Waals surface area contributed by atoms with E-state index in [1.165, 1.54) is 0 Å². The smallest absolute Gasteiger partial charge is 0.242 e. The molecule has 1 aromatic rings. The Morgan fingerprint density at radius 3 is 2.39 bits per heavy atom. The van der Waals surface area contributed by atoms with Crippen LogP contribution in [0.1, 0.15) is 38.2 Å². The number of sulfonamides is 1. The van der Waals surface area contributed by atoms with Gasteiger partial charge in [0.25, 0.3) is 0 Å². The first kappa shape index (κ1) is 18.7. The lowest BCUT2D eigenvalue weighted by Gasteiger charge is -2.26. The summed E-state index contributed by atoms with van der Waals surface area (Å²) in [6, 6.07) is 7.06. The van der Waals surface area contributed by atoms with Crippen LogP contribution in [0.3, 0.4) is 0 Å². The molecule has 7 heteroatoms. The summed E-state index contributed by atoms with van der Waals surface area (Å²) >= 11 is 5.94. The lowest BCUT2D eigenvalue weighted by molar-refractivity contribution is 0.456. The van der Waals surface area contributed by atoms with E-state index >= 15 is 0 Å². The van der Waals surface area contributed by atoms with Crippen LogP contribution in [-0.4, -0.2) is 27.0 Å². The van der Waals surface area contributed by atoms with Crippen LogP contribution >= 0.6 is 24.0 Å². The van der Waals surface area contributed by atoms with E-state index < -0.39 is 15.6 Å². The summed E-state index contributed by atoms with van der Waals surface area (Å²) < 4.78 is 28.5. The fourth-order valence-corrected chi connectivity index (χ4v) is 5.67. The Morgan fingerprint density at radius 2 is 1.83 bits per heavy atom. The van der Waals surface area contributed by atoms with Gasteiger partial charge in [-0.25, -0.2) is 13.1 Å². The highest BCUT2D eigenvalue weighted by molar-refractivity contribution is 7.99. The van der Waals surface area contributed by atoms with Crippen molar-refractivity contribution in [2.45, 2.75) is 38.1 Å². The summed E-state index contributed by atoms with van der Waals surface area (Å²) in [6.07, 6.45) is 3.88. The second-order valence-corrected chi connectivity index (χ2v) is 8.05.